The van der Waals surface area contributed by atoms with Crippen molar-refractivity contribution in [3.8, 4) is 28.4 Å². The zero-order valence-corrected chi connectivity index (χ0v) is 19.5. The molecule has 34 heavy (non-hydrogen) atoms. The van der Waals surface area contributed by atoms with Gasteiger partial charge in [-0.05, 0) is 57.4 Å². The minimum absolute atomic E-state index is 0.279. The van der Waals surface area contributed by atoms with Crippen LogP contribution in [0.25, 0.3) is 22.6 Å². The average molecular weight is 457 g/mol. The number of amides is 1. The smallest absolute Gasteiger partial charge is 0.278 e. The number of anilines is 1. The Hall–Kier alpha value is -3.87. The molecule has 7 heteroatoms. The van der Waals surface area contributed by atoms with Gasteiger partial charge in [-0.2, -0.15) is 0 Å². The van der Waals surface area contributed by atoms with E-state index < -0.39 is 0 Å². The molecule has 1 aliphatic heterocycles. The van der Waals surface area contributed by atoms with Crippen molar-refractivity contribution in [1.29, 1.82) is 0 Å². The highest BCUT2D eigenvalue weighted by atomic mass is 16.5. The highest BCUT2D eigenvalue weighted by molar-refractivity contribution is 6.03. The van der Waals surface area contributed by atoms with E-state index >= 15 is 0 Å². The molecule has 4 aromatic rings. The number of carbonyl (C=O) groups is 1. The Kier molecular flexibility index (Phi) is 6.16. The third-order valence-electron chi connectivity index (χ3n) is 6.10. The molecule has 5 rings (SSSR count). The average Bonchev–Trinajstić information content (AvgIpc) is 3.37. The molecule has 1 N–H and O–H groups in total. The first-order valence-corrected chi connectivity index (χ1v) is 11.8. The van der Waals surface area contributed by atoms with Gasteiger partial charge in [-0.25, -0.2) is 4.98 Å². The van der Waals surface area contributed by atoms with E-state index in [0.29, 0.717) is 23.9 Å². The summed E-state index contributed by atoms with van der Waals surface area (Å²) in [5.41, 5.74) is 5.17. The Morgan fingerprint density at radius 3 is 2.59 bits per heavy atom. The lowest BCUT2D eigenvalue weighted by Crippen LogP contribution is -2.15. The molecule has 0 atom stereocenters. The standard InChI is InChI=1S/C27H28N4O3/c1-3-33-21-14-12-19(13-15-21)22-17-24(34-30-22)28-27(32)25-23-7-5-4-6-16-31(23)26(29-25)20-10-8-18(2)9-11-20/h8-15,17H,3-7,16H2,1-2H3,(H,28,32). The molecule has 0 saturated heterocycles. The highest BCUT2D eigenvalue weighted by Crippen LogP contribution is 2.29. The molecule has 174 valence electrons. The molecule has 1 aliphatic rings. The fourth-order valence-corrected chi connectivity index (χ4v) is 4.35. The van der Waals surface area contributed by atoms with E-state index in [-0.39, 0.29) is 5.91 Å². The quantitative estimate of drug-likeness (QED) is 0.391. The van der Waals surface area contributed by atoms with Crippen molar-refractivity contribution < 1.29 is 14.1 Å². The van der Waals surface area contributed by atoms with Crippen LogP contribution in [-0.4, -0.2) is 27.2 Å². The number of aryl methyl sites for hydroxylation is 1. The van der Waals surface area contributed by atoms with Crippen LogP contribution < -0.4 is 10.1 Å². The van der Waals surface area contributed by atoms with Gasteiger partial charge in [0.1, 0.15) is 17.3 Å². The largest absolute Gasteiger partial charge is 0.494 e. The van der Waals surface area contributed by atoms with Gasteiger partial charge in [0.25, 0.3) is 5.91 Å². The predicted molar refractivity (Wildman–Crippen MR) is 131 cm³/mol. The zero-order valence-electron chi connectivity index (χ0n) is 19.5. The summed E-state index contributed by atoms with van der Waals surface area (Å²) in [4.78, 5) is 18.1. The van der Waals surface area contributed by atoms with Crippen LogP contribution in [0.2, 0.25) is 0 Å². The van der Waals surface area contributed by atoms with Crippen LogP contribution in [0.15, 0.2) is 59.1 Å². The topological polar surface area (TPSA) is 82.2 Å². The van der Waals surface area contributed by atoms with Crippen LogP contribution in [0.5, 0.6) is 5.75 Å². The first-order valence-electron chi connectivity index (χ1n) is 11.8. The predicted octanol–water partition coefficient (Wildman–Crippen LogP) is 5.89. The van der Waals surface area contributed by atoms with Crippen LogP contribution in [0.3, 0.4) is 0 Å². The molecular weight excluding hydrogens is 428 g/mol. The van der Waals surface area contributed by atoms with Crippen LogP contribution in [0.4, 0.5) is 5.88 Å². The molecule has 2 aromatic carbocycles. The number of carbonyl (C=O) groups excluding carboxylic acids is 1. The molecule has 3 heterocycles. The minimum Gasteiger partial charge on any atom is -0.494 e. The van der Waals surface area contributed by atoms with Gasteiger partial charge >= 0.3 is 0 Å². The summed E-state index contributed by atoms with van der Waals surface area (Å²) >= 11 is 0. The molecule has 0 saturated carbocycles. The van der Waals surface area contributed by atoms with Gasteiger partial charge in [0.2, 0.25) is 5.88 Å². The van der Waals surface area contributed by atoms with E-state index in [0.717, 1.165) is 60.6 Å². The van der Waals surface area contributed by atoms with E-state index in [2.05, 4.69) is 46.2 Å². The van der Waals surface area contributed by atoms with Crippen LogP contribution in [0.1, 0.15) is 47.9 Å². The van der Waals surface area contributed by atoms with Gasteiger partial charge in [0.15, 0.2) is 5.69 Å². The number of hydrogen-bond acceptors (Lipinski definition) is 5. The zero-order chi connectivity index (χ0) is 23.5. The lowest BCUT2D eigenvalue weighted by atomic mass is 10.1. The van der Waals surface area contributed by atoms with E-state index in [4.69, 9.17) is 14.2 Å². The lowest BCUT2D eigenvalue weighted by molar-refractivity contribution is 0.101. The van der Waals surface area contributed by atoms with Crippen molar-refractivity contribution in [2.75, 3.05) is 11.9 Å². The van der Waals surface area contributed by atoms with Gasteiger partial charge in [-0.3, -0.25) is 10.1 Å². The lowest BCUT2D eigenvalue weighted by Gasteiger charge is -2.09. The van der Waals surface area contributed by atoms with Gasteiger partial charge in [-0.15, -0.1) is 0 Å². The van der Waals surface area contributed by atoms with E-state index in [9.17, 15) is 4.79 Å². The van der Waals surface area contributed by atoms with Crippen molar-refractivity contribution in [1.82, 2.24) is 14.7 Å². The first-order chi connectivity index (χ1) is 16.6. The minimum atomic E-state index is -0.279. The second-order valence-corrected chi connectivity index (χ2v) is 8.55. The van der Waals surface area contributed by atoms with Crippen LogP contribution >= 0.6 is 0 Å². The summed E-state index contributed by atoms with van der Waals surface area (Å²) in [6.45, 7) is 5.49. The number of nitrogens with zero attached hydrogens (tertiary/aromatic N) is 3. The van der Waals surface area contributed by atoms with Crippen LogP contribution in [0, 0.1) is 6.92 Å². The molecule has 7 nitrogen and oxygen atoms in total. The fraction of sp³-hybridized carbons (Fsp3) is 0.296. The molecular formula is C27H28N4O3. The molecule has 1 amide bonds. The van der Waals surface area contributed by atoms with Crippen molar-refractivity contribution in [2.24, 2.45) is 0 Å². The molecule has 0 aliphatic carbocycles. The van der Waals surface area contributed by atoms with Crippen molar-refractivity contribution in [3.63, 3.8) is 0 Å². The number of ether oxygens (including phenoxy) is 1. The number of fused-ring (bicyclic) bond motifs is 1. The van der Waals surface area contributed by atoms with Gasteiger partial charge in [-0.1, -0.05) is 41.4 Å². The normalized spacial score (nSPS) is 13.2. The molecule has 0 bridgehead atoms. The second-order valence-electron chi connectivity index (χ2n) is 8.55. The third kappa shape index (κ3) is 4.46. The second kappa shape index (κ2) is 9.55. The molecule has 2 aromatic heterocycles. The maximum absolute atomic E-state index is 13.3. The van der Waals surface area contributed by atoms with Gasteiger partial charge in [0.05, 0.1) is 12.3 Å². The van der Waals surface area contributed by atoms with Crippen molar-refractivity contribution >= 4 is 11.8 Å². The Bertz CT molecular complexity index is 1290. The Labute approximate surface area is 198 Å². The van der Waals surface area contributed by atoms with Gasteiger partial charge < -0.3 is 13.8 Å². The van der Waals surface area contributed by atoms with E-state index in [1.165, 1.54) is 5.56 Å². The summed E-state index contributed by atoms with van der Waals surface area (Å²) < 4.78 is 13.1. The Morgan fingerprint density at radius 1 is 1.06 bits per heavy atom. The summed E-state index contributed by atoms with van der Waals surface area (Å²) in [5.74, 6) is 1.65. The van der Waals surface area contributed by atoms with E-state index in [1.54, 1.807) is 6.07 Å². The first kappa shape index (κ1) is 21.9. The fourth-order valence-electron chi connectivity index (χ4n) is 4.35. The number of hydrogen-bond donors (Lipinski definition) is 1. The summed E-state index contributed by atoms with van der Waals surface area (Å²) in [5, 5.41) is 6.97. The maximum atomic E-state index is 13.3. The summed E-state index contributed by atoms with van der Waals surface area (Å²) in [6.07, 6.45) is 4.10. The highest BCUT2D eigenvalue weighted by Gasteiger charge is 2.25. The number of imidazole rings is 1. The van der Waals surface area contributed by atoms with Gasteiger partial charge in [0, 0.05) is 23.7 Å². The summed E-state index contributed by atoms with van der Waals surface area (Å²) in [7, 11) is 0. The maximum Gasteiger partial charge on any atom is 0.278 e. The monoisotopic (exact) mass is 456 g/mol. The summed E-state index contributed by atoms with van der Waals surface area (Å²) in [6, 6.07) is 17.6. The molecule has 0 spiro atoms. The SMILES string of the molecule is CCOc1ccc(-c2cc(NC(=O)c3nc(-c4ccc(C)cc4)n4c3CCCCC4)on2)cc1. The number of aromatic nitrogens is 3. The molecule has 0 fully saturated rings. The van der Waals surface area contributed by atoms with Crippen LogP contribution in [-0.2, 0) is 13.0 Å². The number of rotatable bonds is 6. The number of nitrogens with one attached hydrogen (secondary N) is 1. The molecule has 0 unspecified atom stereocenters. The number of benzene rings is 2. The Morgan fingerprint density at radius 2 is 1.82 bits per heavy atom. The third-order valence-corrected chi connectivity index (χ3v) is 6.10. The Balaban J connectivity index is 1.40. The van der Waals surface area contributed by atoms with Crippen molar-refractivity contribution in [3.05, 3.63) is 71.5 Å². The van der Waals surface area contributed by atoms with E-state index in [1.807, 2.05) is 31.2 Å². The molecule has 0 radical (unpaired) electrons. The van der Waals surface area contributed by atoms with Crippen molar-refractivity contribution in [2.45, 2.75) is 46.1 Å².